The van der Waals surface area contributed by atoms with E-state index in [4.69, 9.17) is 9.47 Å². The van der Waals surface area contributed by atoms with Gasteiger partial charge in [0.2, 0.25) is 0 Å². The smallest absolute Gasteiger partial charge is 0.168 e. The van der Waals surface area contributed by atoms with E-state index in [1.807, 2.05) is 0 Å². The number of hydrogen-bond donors (Lipinski definition) is 0. The molecule has 0 aliphatic rings. The van der Waals surface area contributed by atoms with Gasteiger partial charge in [-0.15, -0.1) is 0 Å². The average Bonchev–Trinajstić information content (AvgIpc) is 1.90. The molecule has 0 N–H and O–H groups in total. The SMILES string of the molecule is COC(OC)C(C)(C)C=O. The summed E-state index contributed by atoms with van der Waals surface area (Å²) < 4.78 is 9.80. The Morgan fingerprint density at radius 2 is 1.70 bits per heavy atom. The third-order valence-electron chi connectivity index (χ3n) is 1.34. The Labute approximate surface area is 61.3 Å². The molecule has 10 heavy (non-hydrogen) atoms. The fourth-order valence-corrected chi connectivity index (χ4v) is 0.759. The molecule has 60 valence electrons. The van der Waals surface area contributed by atoms with Gasteiger partial charge in [-0.1, -0.05) is 0 Å². The summed E-state index contributed by atoms with van der Waals surface area (Å²) in [6.07, 6.45) is 0.370. The third-order valence-corrected chi connectivity index (χ3v) is 1.34. The molecule has 0 radical (unpaired) electrons. The highest BCUT2D eigenvalue weighted by molar-refractivity contribution is 5.58. The summed E-state index contributed by atoms with van der Waals surface area (Å²) >= 11 is 0. The Hall–Kier alpha value is -0.410. The Bertz CT molecular complexity index is 105. The fraction of sp³-hybridized carbons (Fsp3) is 0.857. The number of aldehydes is 1. The minimum absolute atomic E-state index is 0.454. The van der Waals surface area contributed by atoms with Crippen molar-refractivity contribution in [3.05, 3.63) is 0 Å². The van der Waals surface area contributed by atoms with Crippen molar-refractivity contribution >= 4 is 6.29 Å². The zero-order valence-corrected chi connectivity index (χ0v) is 6.88. The molecule has 0 unspecified atom stereocenters. The summed E-state index contributed by atoms with van der Waals surface area (Å²) in [5.41, 5.74) is -0.566. The van der Waals surface area contributed by atoms with Crippen molar-refractivity contribution in [2.24, 2.45) is 5.41 Å². The molecule has 0 aliphatic heterocycles. The molecule has 0 fully saturated rings. The maximum atomic E-state index is 10.4. The van der Waals surface area contributed by atoms with E-state index in [9.17, 15) is 4.79 Å². The third kappa shape index (κ3) is 2.08. The van der Waals surface area contributed by atoms with Crippen LogP contribution in [0.15, 0.2) is 0 Å². The highest BCUT2D eigenvalue weighted by atomic mass is 16.7. The monoisotopic (exact) mass is 146 g/mol. The number of ether oxygens (including phenoxy) is 2. The lowest BCUT2D eigenvalue weighted by molar-refractivity contribution is -0.169. The first-order chi connectivity index (χ1) is 4.58. The van der Waals surface area contributed by atoms with Gasteiger partial charge in [-0.3, -0.25) is 0 Å². The summed E-state index contributed by atoms with van der Waals surface area (Å²) in [6.45, 7) is 3.52. The first-order valence-electron chi connectivity index (χ1n) is 3.10. The lowest BCUT2D eigenvalue weighted by atomic mass is 9.95. The van der Waals surface area contributed by atoms with Crippen LogP contribution in [0.5, 0.6) is 0 Å². The van der Waals surface area contributed by atoms with E-state index in [-0.39, 0.29) is 0 Å². The first kappa shape index (κ1) is 9.59. The molecular weight excluding hydrogens is 132 g/mol. The zero-order valence-electron chi connectivity index (χ0n) is 6.88. The van der Waals surface area contributed by atoms with Gasteiger partial charge < -0.3 is 14.3 Å². The predicted molar refractivity (Wildman–Crippen MR) is 37.7 cm³/mol. The van der Waals surface area contributed by atoms with Crippen LogP contribution in [-0.2, 0) is 14.3 Å². The van der Waals surface area contributed by atoms with E-state index in [2.05, 4.69) is 0 Å². The van der Waals surface area contributed by atoms with E-state index < -0.39 is 11.7 Å². The maximum absolute atomic E-state index is 10.4. The van der Waals surface area contributed by atoms with Crippen LogP contribution in [0.25, 0.3) is 0 Å². The summed E-state index contributed by atoms with van der Waals surface area (Å²) in [5, 5.41) is 0. The van der Waals surface area contributed by atoms with Crippen LogP contribution in [0.3, 0.4) is 0 Å². The molecule has 3 nitrogen and oxygen atoms in total. The molecule has 0 aromatic carbocycles. The molecule has 3 heteroatoms. The molecule has 0 saturated carbocycles. The minimum Gasteiger partial charge on any atom is -0.355 e. The molecule has 0 heterocycles. The molecular formula is C7H14O3. The van der Waals surface area contributed by atoms with Crippen LogP contribution in [0, 0.1) is 5.41 Å². The highest BCUT2D eigenvalue weighted by Crippen LogP contribution is 2.19. The van der Waals surface area contributed by atoms with Crippen molar-refractivity contribution in [1.82, 2.24) is 0 Å². The van der Waals surface area contributed by atoms with E-state index >= 15 is 0 Å². The second-order valence-electron chi connectivity index (χ2n) is 2.74. The van der Waals surface area contributed by atoms with E-state index in [1.54, 1.807) is 13.8 Å². The number of methoxy groups -OCH3 is 2. The van der Waals surface area contributed by atoms with Crippen LogP contribution in [0.2, 0.25) is 0 Å². The molecule has 0 rings (SSSR count). The second-order valence-corrected chi connectivity index (χ2v) is 2.74. The molecule has 0 aromatic heterocycles. The molecule has 0 aliphatic carbocycles. The van der Waals surface area contributed by atoms with Gasteiger partial charge in [0.25, 0.3) is 0 Å². The van der Waals surface area contributed by atoms with Gasteiger partial charge >= 0.3 is 0 Å². The lowest BCUT2D eigenvalue weighted by Crippen LogP contribution is -2.33. The van der Waals surface area contributed by atoms with Crippen molar-refractivity contribution in [2.45, 2.75) is 20.1 Å². The van der Waals surface area contributed by atoms with E-state index in [0.29, 0.717) is 0 Å². The number of rotatable bonds is 4. The van der Waals surface area contributed by atoms with Gasteiger partial charge in [0.1, 0.15) is 6.29 Å². The predicted octanol–water partition coefficient (Wildman–Crippen LogP) is 0.830. The molecule has 0 aromatic rings. The van der Waals surface area contributed by atoms with Gasteiger partial charge in [0.05, 0.1) is 5.41 Å². The van der Waals surface area contributed by atoms with Crippen LogP contribution in [0.4, 0.5) is 0 Å². The van der Waals surface area contributed by atoms with Crippen LogP contribution in [-0.4, -0.2) is 26.8 Å². The Kier molecular flexibility index (Phi) is 3.53. The molecule has 0 bridgehead atoms. The van der Waals surface area contributed by atoms with Crippen LogP contribution in [0.1, 0.15) is 13.8 Å². The number of hydrogen-bond acceptors (Lipinski definition) is 3. The molecule has 0 saturated heterocycles. The fourth-order valence-electron chi connectivity index (χ4n) is 0.759. The summed E-state index contributed by atoms with van der Waals surface area (Å²) in [7, 11) is 3.03. The van der Waals surface area contributed by atoms with Gasteiger partial charge in [-0.25, -0.2) is 0 Å². The van der Waals surface area contributed by atoms with Crippen molar-refractivity contribution in [1.29, 1.82) is 0 Å². The van der Waals surface area contributed by atoms with E-state index in [0.717, 1.165) is 6.29 Å². The average molecular weight is 146 g/mol. The largest absolute Gasteiger partial charge is 0.355 e. The van der Waals surface area contributed by atoms with Gasteiger partial charge in [0, 0.05) is 14.2 Å². The van der Waals surface area contributed by atoms with Gasteiger partial charge in [0.15, 0.2) is 6.29 Å². The van der Waals surface area contributed by atoms with Crippen LogP contribution >= 0.6 is 0 Å². The number of carbonyl (C=O) groups is 1. The standard InChI is InChI=1S/C7H14O3/c1-7(2,5-8)6(9-3)10-4/h5-6H,1-4H3. The molecule has 0 atom stereocenters. The quantitative estimate of drug-likeness (QED) is 0.435. The van der Waals surface area contributed by atoms with Gasteiger partial charge in [-0.2, -0.15) is 0 Å². The summed E-state index contributed by atoms with van der Waals surface area (Å²) in [5.74, 6) is 0. The zero-order chi connectivity index (χ0) is 8.20. The van der Waals surface area contributed by atoms with Crippen molar-refractivity contribution in [2.75, 3.05) is 14.2 Å². The lowest BCUT2D eigenvalue weighted by Gasteiger charge is -2.25. The van der Waals surface area contributed by atoms with Crippen molar-refractivity contribution in [3.8, 4) is 0 Å². The molecule has 0 amide bonds. The summed E-state index contributed by atoms with van der Waals surface area (Å²) in [4.78, 5) is 10.4. The van der Waals surface area contributed by atoms with Crippen molar-refractivity contribution in [3.63, 3.8) is 0 Å². The normalized spacial score (nSPS) is 12.1. The van der Waals surface area contributed by atoms with Crippen molar-refractivity contribution < 1.29 is 14.3 Å². The van der Waals surface area contributed by atoms with E-state index in [1.165, 1.54) is 14.2 Å². The highest BCUT2D eigenvalue weighted by Gasteiger charge is 2.28. The minimum atomic E-state index is -0.566. The Morgan fingerprint density at radius 3 is 1.80 bits per heavy atom. The van der Waals surface area contributed by atoms with Crippen LogP contribution < -0.4 is 0 Å². The number of carbonyl (C=O) groups excluding carboxylic acids is 1. The van der Waals surface area contributed by atoms with Gasteiger partial charge in [-0.05, 0) is 13.8 Å². The Morgan fingerprint density at radius 1 is 1.30 bits per heavy atom. The topological polar surface area (TPSA) is 35.5 Å². The molecule has 0 spiro atoms. The first-order valence-corrected chi connectivity index (χ1v) is 3.10. The second kappa shape index (κ2) is 3.68. The maximum Gasteiger partial charge on any atom is 0.168 e. The summed E-state index contributed by atoms with van der Waals surface area (Å²) in [6, 6.07) is 0. The Balaban J connectivity index is 4.10.